The van der Waals surface area contributed by atoms with E-state index < -0.39 is 0 Å². The number of nitrogens with one attached hydrogen (secondary N) is 1. The van der Waals surface area contributed by atoms with Crippen LogP contribution in [0.15, 0.2) is 0 Å². The highest BCUT2D eigenvalue weighted by molar-refractivity contribution is 5.88. The van der Waals surface area contributed by atoms with Crippen molar-refractivity contribution >= 4 is 17.8 Å². The fraction of sp³-hybridized carbons (Fsp3) is 0.824. The topological polar surface area (TPSA) is 75.7 Å². The van der Waals surface area contributed by atoms with E-state index in [0.717, 1.165) is 12.8 Å². The number of carbonyl (C=O) groups is 3. The Morgan fingerprint density at radius 3 is 2.70 bits per heavy atom. The zero-order valence-corrected chi connectivity index (χ0v) is 13.8. The Bertz CT molecular complexity index is 487. The molecule has 2 saturated carbocycles. The SMILES string of the molecule is CC(=O)OC(CCN1C(=O)N[C@H]2CC(=O)C[C@H]21)C1CCCCC1. The maximum absolute atomic E-state index is 12.1. The number of hydrogen-bond donors (Lipinski definition) is 1. The number of ketones is 1. The molecule has 3 fully saturated rings. The van der Waals surface area contributed by atoms with Gasteiger partial charge >= 0.3 is 12.0 Å². The Morgan fingerprint density at radius 1 is 1.26 bits per heavy atom. The van der Waals surface area contributed by atoms with E-state index in [1.165, 1.54) is 26.2 Å². The lowest BCUT2D eigenvalue weighted by atomic mass is 9.84. The van der Waals surface area contributed by atoms with E-state index in [9.17, 15) is 14.4 Å². The van der Waals surface area contributed by atoms with E-state index in [0.29, 0.717) is 31.7 Å². The number of Topliss-reactive ketones (excluding diaryl/α,β-unsaturated/α-hetero) is 1. The molecule has 0 radical (unpaired) electrons. The Hall–Kier alpha value is -1.59. The first-order valence-electron chi connectivity index (χ1n) is 8.80. The van der Waals surface area contributed by atoms with Crippen molar-refractivity contribution in [3.8, 4) is 0 Å². The number of fused-ring (bicyclic) bond motifs is 1. The molecule has 6 heteroatoms. The van der Waals surface area contributed by atoms with Gasteiger partial charge in [-0.25, -0.2) is 4.79 Å². The molecule has 23 heavy (non-hydrogen) atoms. The maximum atomic E-state index is 12.1. The molecule has 0 spiro atoms. The van der Waals surface area contributed by atoms with Gasteiger partial charge in [-0.15, -0.1) is 0 Å². The third kappa shape index (κ3) is 3.67. The van der Waals surface area contributed by atoms with Gasteiger partial charge < -0.3 is 15.0 Å². The Balaban J connectivity index is 1.60. The van der Waals surface area contributed by atoms with Crippen LogP contribution in [-0.4, -0.2) is 47.4 Å². The van der Waals surface area contributed by atoms with Gasteiger partial charge in [0.05, 0.1) is 12.1 Å². The summed E-state index contributed by atoms with van der Waals surface area (Å²) in [5, 5.41) is 2.90. The van der Waals surface area contributed by atoms with Gasteiger partial charge in [0.1, 0.15) is 11.9 Å². The lowest BCUT2D eigenvalue weighted by Crippen LogP contribution is -2.39. The van der Waals surface area contributed by atoms with Crippen molar-refractivity contribution in [1.82, 2.24) is 10.2 Å². The van der Waals surface area contributed by atoms with E-state index in [2.05, 4.69) is 5.32 Å². The van der Waals surface area contributed by atoms with Crippen LogP contribution in [0, 0.1) is 5.92 Å². The van der Waals surface area contributed by atoms with E-state index in [1.807, 2.05) is 0 Å². The highest BCUT2D eigenvalue weighted by Gasteiger charge is 2.45. The average Bonchev–Trinajstić information content (AvgIpc) is 2.99. The zero-order chi connectivity index (χ0) is 16.4. The molecule has 0 bridgehead atoms. The van der Waals surface area contributed by atoms with Gasteiger partial charge in [0.25, 0.3) is 0 Å². The van der Waals surface area contributed by atoms with Crippen LogP contribution < -0.4 is 5.32 Å². The van der Waals surface area contributed by atoms with Gasteiger partial charge in [-0.1, -0.05) is 19.3 Å². The smallest absolute Gasteiger partial charge is 0.318 e. The fourth-order valence-electron chi connectivity index (χ4n) is 4.35. The number of ether oxygens (including phenoxy) is 1. The van der Waals surface area contributed by atoms with Crippen molar-refractivity contribution in [2.75, 3.05) is 6.54 Å². The van der Waals surface area contributed by atoms with Crippen LogP contribution in [0.4, 0.5) is 4.79 Å². The van der Waals surface area contributed by atoms with Gasteiger partial charge in [0, 0.05) is 32.7 Å². The van der Waals surface area contributed by atoms with E-state index >= 15 is 0 Å². The third-order valence-corrected chi connectivity index (χ3v) is 5.47. The highest BCUT2D eigenvalue weighted by Crippen LogP contribution is 2.31. The Labute approximate surface area is 136 Å². The second kappa shape index (κ2) is 6.89. The Morgan fingerprint density at radius 2 is 2.00 bits per heavy atom. The number of nitrogens with zero attached hydrogens (tertiary/aromatic N) is 1. The van der Waals surface area contributed by atoms with E-state index in [-0.39, 0.29) is 36.0 Å². The lowest BCUT2D eigenvalue weighted by Gasteiger charge is -2.31. The molecule has 128 valence electrons. The first kappa shape index (κ1) is 16.3. The predicted octanol–water partition coefficient (Wildman–Crippen LogP) is 2.01. The van der Waals surface area contributed by atoms with Gasteiger partial charge in [0.15, 0.2) is 0 Å². The first-order valence-corrected chi connectivity index (χ1v) is 8.80. The summed E-state index contributed by atoms with van der Waals surface area (Å²) in [4.78, 5) is 36.9. The fourth-order valence-corrected chi connectivity index (χ4v) is 4.35. The molecular weight excluding hydrogens is 296 g/mol. The molecule has 1 heterocycles. The second-order valence-electron chi connectivity index (χ2n) is 7.10. The van der Waals surface area contributed by atoms with Crippen molar-refractivity contribution in [2.45, 2.75) is 76.5 Å². The summed E-state index contributed by atoms with van der Waals surface area (Å²) >= 11 is 0. The minimum atomic E-state index is -0.250. The summed E-state index contributed by atoms with van der Waals surface area (Å²) in [6.07, 6.45) is 7.25. The maximum Gasteiger partial charge on any atom is 0.318 e. The summed E-state index contributed by atoms with van der Waals surface area (Å²) in [6.45, 7) is 2.00. The molecule has 3 aliphatic rings. The predicted molar refractivity (Wildman–Crippen MR) is 83.8 cm³/mol. The Kier molecular flexibility index (Phi) is 4.87. The van der Waals surface area contributed by atoms with Crippen LogP contribution in [0.2, 0.25) is 0 Å². The first-order chi connectivity index (χ1) is 11.0. The van der Waals surface area contributed by atoms with E-state index in [4.69, 9.17) is 4.74 Å². The van der Waals surface area contributed by atoms with Crippen LogP contribution in [0.3, 0.4) is 0 Å². The standard InChI is InChI=1S/C17H26N2O4/c1-11(20)23-16(12-5-3-2-4-6-12)7-8-19-15-10-13(21)9-14(15)18-17(19)22/h12,14-16H,2-10H2,1H3,(H,18,22)/t14-,15+,16?/m0/s1. The van der Waals surface area contributed by atoms with Crippen molar-refractivity contribution in [3.63, 3.8) is 0 Å². The molecule has 2 aliphatic carbocycles. The number of amides is 2. The molecule has 6 nitrogen and oxygen atoms in total. The highest BCUT2D eigenvalue weighted by atomic mass is 16.5. The van der Waals surface area contributed by atoms with Gasteiger partial charge in [0.2, 0.25) is 0 Å². The van der Waals surface area contributed by atoms with Crippen molar-refractivity contribution in [1.29, 1.82) is 0 Å². The number of urea groups is 1. The third-order valence-electron chi connectivity index (χ3n) is 5.47. The number of hydrogen-bond acceptors (Lipinski definition) is 4. The molecule has 1 saturated heterocycles. The van der Waals surface area contributed by atoms with Crippen LogP contribution in [0.5, 0.6) is 0 Å². The molecule has 1 N–H and O–H groups in total. The lowest BCUT2D eigenvalue weighted by molar-refractivity contribution is -0.150. The molecule has 0 aromatic rings. The van der Waals surface area contributed by atoms with Crippen molar-refractivity contribution in [3.05, 3.63) is 0 Å². The van der Waals surface area contributed by atoms with Crippen molar-refractivity contribution < 1.29 is 19.1 Å². The average molecular weight is 322 g/mol. The normalized spacial score (nSPS) is 29.3. The summed E-state index contributed by atoms with van der Waals surface area (Å²) in [5.74, 6) is 0.369. The number of rotatable bonds is 5. The summed E-state index contributed by atoms with van der Waals surface area (Å²) in [5.41, 5.74) is 0. The van der Waals surface area contributed by atoms with Gasteiger partial charge in [-0.3, -0.25) is 9.59 Å². The van der Waals surface area contributed by atoms with Crippen LogP contribution in [0.1, 0.15) is 58.3 Å². The molecule has 1 unspecified atom stereocenters. The number of carbonyl (C=O) groups excluding carboxylic acids is 3. The van der Waals surface area contributed by atoms with E-state index in [1.54, 1.807) is 4.90 Å². The minimum Gasteiger partial charge on any atom is -0.462 e. The minimum absolute atomic E-state index is 0.0145. The molecule has 0 aromatic carbocycles. The van der Waals surface area contributed by atoms with Crippen LogP contribution in [0.25, 0.3) is 0 Å². The largest absolute Gasteiger partial charge is 0.462 e. The van der Waals surface area contributed by atoms with Crippen LogP contribution >= 0.6 is 0 Å². The summed E-state index contributed by atoms with van der Waals surface area (Å²) in [6, 6.07) is -0.131. The second-order valence-corrected chi connectivity index (χ2v) is 7.10. The summed E-state index contributed by atoms with van der Waals surface area (Å²) in [7, 11) is 0. The van der Waals surface area contributed by atoms with Gasteiger partial charge in [-0.05, 0) is 18.8 Å². The quantitative estimate of drug-likeness (QED) is 0.786. The zero-order valence-electron chi connectivity index (χ0n) is 13.8. The molecule has 3 rings (SSSR count). The molecule has 3 atom stereocenters. The molecule has 2 amide bonds. The van der Waals surface area contributed by atoms with Crippen LogP contribution in [-0.2, 0) is 14.3 Å². The molecular formula is C17H26N2O4. The monoisotopic (exact) mass is 322 g/mol. The summed E-state index contributed by atoms with van der Waals surface area (Å²) < 4.78 is 5.55. The molecule has 0 aromatic heterocycles. The molecule has 1 aliphatic heterocycles. The van der Waals surface area contributed by atoms with Crippen molar-refractivity contribution in [2.24, 2.45) is 5.92 Å². The van der Waals surface area contributed by atoms with Gasteiger partial charge in [-0.2, -0.15) is 0 Å². The number of esters is 1.